The van der Waals surface area contributed by atoms with Gasteiger partial charge >= 0.3 is 0 Å². The van der Waals surface area contributed by atoms with Gasteiger partial charge in [-0.05, 0) is 124 Å². The summed E-state index contributed by atoms with van der Waals surface area (Å²) < 4.78 is 0. The van der Waals surface area contributed by atoms with Gasteiger partial charge in [0.05, 0.1) is 0 Å². The number of hydrogen-bond donors (Lipinski definition) is 0. The molecule has 0 amide bonds. The molecule has 0 nitrogen and oxygen atoms in total. The third-order valence-corrected chi connectivity index (χ3v) is 13.1. The Morgan fingerprint density at radius 3 is 1.27 bits per heavy atom. The molecule has 0 unspecified atom stereocenters. The summed E-state index contributed by atoms with van der Waals surface area (Å²) in [5, 5.41) is 4.96. The van der Waals surface area contributed by atoms with Crippen molar-refractivity contribution in [2.75, 3.05) is 0 Å². The smallest absolute Gasteiger partial charge is 0.0130 e. The second kappa shape index (κ2) is 18.4. The molecule has 0 spiro atoms. The van der Waals surface area contributed by atoms with E-state index in [1.165, 1.54) is 99.4 Å². The molecule has 0 aliphatic rings. The summed E-state index contributed by atoms with van der Waals surface area (Å²) >= 11 is 0. The Kier molecular flexibility index (Phi) is 11.3. The maximum absolute atomic E-state index is 2.44. The highest BCUT2D eigenvalue weighted by Gasteiger charge is 2.20. The van der Waals surface area contributed by atoms with Crippen LogP contribution in [0.4, 0.5) is 0 Å². The van der Waals surface area contributed by atoms with E-state index in [2.05, 4.69) is 273 Å². The first-order chi connectivity index (χ1) is 32.7. The Bertz CT molecular complexity index is 3340. The monoisotopic (exact) mass is 840 g/mol. The van der Waals surface area contributed by atoms with Crippen LogP contribution in [0.1, 0.15) is 39.3 Å². The predicted octanol–water partition coefficient (Wildman–Crippen LogP) is 17.6. The average Bonchev–Trinajstić information content (AvgIpc) is 3.40. The summed E-state index contributed by atoms with van der Waals surface area (Å²) in [7, 11) is 0. The first kappa shape index (κ1) is 40.5. The van der Waals surface area contributed by atoms with Crippen molar-refractivity contribution in [1.82, 2.24) is 0 Å². The van der Waals surface area contributed by atoms with Crippen LogP contribution in [0, 0.1) is 0 Å². The van der Waals surface area contributed by atoms with Crippen molar-refractivity contribution in [3.63, 3.8) is 0 Å². The van der Waals surface area contributed by atoms with E-state index in [0.29, 0.717) is 0 Å². The average molecular weight is 841 g/mol. The highest BCUT2D eigenvalue weighted by Crippen LogP contribution is 2.46. The van der Waals surface area contributed by atoms with Gasteiger partial charge in [-0.2, -0.15) is 0 Å². The molecule has 0 saturated heterocycles. The van der Waals surface area contributed by atoms with E-state index in [0.717, 1.165) is 12.0 Å². The van der Waals surface area contributed by atoms with Gasteiger partial charge in [-0.1, -0.05) is 261 Å². The molecule has 0 heteroatoms. The number of fused-ring (bicyclic) bond motifs is 2. The summed E-state index contributed by atoms with van der Waals surface area (Å²) in [6.45, 7) is 0. The van der Waals surface area contributed by atoms with Gasteiger partial charge in [0.2, 0.25) is 0 Å². The quantitative estimate of drug-likeness (QED) is 0.0899. The van der Waals surface area contributed by atoms with Gasteiger partial charge in [0.15, 0.2) is 0 Å². The van der Waals surface area contributed by atoms with Crippen LogP contribution < -0.4 is 0 Å². The molecule has 0 N–H and O–H groups in total. The van der Waals surface area contributed by atoms with Crippen molar-refractivity contribution in [3.05, 3.63) is 300 Å². The van der Waals surface area contributed by atoms with Gasteiger partial charge in [0.25, 0.3) is 0 Å². The van der Waals surface area contributed by atoms with Crippen LogP contribution in [-0.4, -0.2) is 0 Å². The van der Waals surface area contributed by atoms with Gasteiger partial charge in [0, 0.05) is 5.92 Å². The van der Waals surface area contributed by atoms with Crippen molar-refractivity contribution in [2.45, 2.75) is 12.3 Å². The molecule has 312 valence electrons. The lowest BCUT2D eigenvalue weighted by Crippen LogP contribution is -2.05. The summed E-state index contributed by atoms with van der Waals surface area (Å²) in [5.74, 6) is 0.261. The van der Waals surface area contributed by atoms with Crippen LogP contribution in [0.15, 0.2) is 267 Å². The third kappa shape index (κ3) is 8.18. The summed E-state index contributed by atoms with van der Waals surface area (Å²) in [6.07, 6.45) is 3.23. The molecule has 11 aromatic carbocycles. The van der Waals surface area contributed by atoms with Crippen molar-refractivity contribution in [1.29, 1.82) is 0 Å². The highest BCUT2D eigenvalue weighted by atomic mass is 14.2. The van der Waals surface area contributed by atoms with E-state index in [-0.39, 0.29) is 5.92 Å². The SMILES string of the molecule is C(=C(c1ccccc1)c1ccccc1)c1ccc(-c2c3ccccc3c(-c3ccc(CC(c4ccccc4)c4ccccc4)cc3)c3cc(-c4ccccc4-c4ccccc4)ccc23)cc1. The van der Waals surface area contributed by atoms with Crippen LogP contribution in [0.3, 0.4) is 0 Å². The fourth-order valence-electron chi connectivity index (χ4n) is 9.90. The molecular formula is C66H48. The Labute approximate surface area is 388 Å². The van der Waals surface area contributed by atoms with Gasteiger partial charge in [0.1, 0.15) is 0 Å². The van der Waals surface area contributed by atoms with E-state index in [9.17, 15) is 0 Å². The number of rotatable bonds is 11. The molecule has 0 aromatic heterocycles. The van der Waals surface area contributed by atoms with Crippen LogP contribution in [0.2, 0.25) is 0 Å². The van der Waals surface area contributed by atoms with E-state index in [1.54, 1.807) is 0 Å². The lowest BCUT2D eigenvalue weighted by Gasteiger charge is -2.20. The fraction of sp³-hybridized carbons (Fsp3) is 0.0303. The molecule has 0 bridgehead atoms. The maximum atomic E-state index is 2.44. The van der Waals surface area contributed by atoms with Crippen LogP contribution in [0.25, 0.3) is 77.7 Å². The lowest BCUT2D eigenvalue weighted by atomic mass is 9.83. The molecular weight excluding hydrogens is 793 g/mol. The molecule has 0 saturated carbocycles. The lowest BCUT2D eigenvalue weighted by molar-refractivity contribution is 0.805. The fourth-order valence-corrected chi connectivity index (χ4v) is 9.90. The largest absolute Gasteiger partial charge is 0.0622 e. The minimum atomic E-state index is 0.261. The molecule has 0 atom stereocenters. The number of benzene rings is 11. The molecule has 0 radical (unpaired) electrons. The molecule has 11 aromatic rings. The van der Waals surface area contributed by atoms with Gasteiger partial charge < -0.3 is 0 Å². The van der Waals surface area contributed by atoms with Crippen molar-refractivity contribution < 1.29 is 0 Å². The molecule has 66 heavy (non-hydrogen) atoms. The van der Waals surface area contributed by atoms with Gasteiger partial charge in [-0.15, -0.1) is 0 Å². The van der Waals surface area contributed by atoms with Crippen molar-refractivity contribution in [2.24, 2.45) is 0 Å². The van der Waals surface area contributed by atoms with Gasteiger partial charge in [-0.25, -0.2) is 0 Å². The van der Waals surface area contributed by atoms with Crippen LogP contribution in [0.5, 0.6) is 0 Å². The van der Waals surface area contributed by atoms with E-state index in [4.69, 9.17) is 0 Å². The predicted molar refractivity (Wildman–Crippen MR) is 281 cm³/mol. The molecule has 0 aliphatic carbocycles. The first-order valence-corrected chi connectivity index (χ1v) is 23.0. The second-order valence-corrected chi connectivity index (χ2v) is 17.2. The maximum Gasteiger partial charge on any atom is 0.0130 e. The molecule has 0 fully saturated rings. The topological polar surface area (TPSA) is 0 Å². The molecule has 0 aliphatic heterocycles. The Balaban J connectivity index is 1.07. The summed E-state index contributed by atoms with van der Waals surface area (Å²) in [4.78, 5) is 0. The Hall–Kier alpha value is -8.32. The first-order valence-electron chi connectivity index (χ1n) is 23.0. The minimum absolute atomic E-state index is 0.261. The van der Waals surface area contributed by atoms with Crippen LogP contribution in [-0.2, 0) is 6.42 Å². The third-order valence-electron chi connectivity index (χ3n) is 13.1. The number of hydrogen-bond acceptors (Lipinski definition) is 0. The minimum Gasteiger partial charge on any atom is -0.0622 e. The summed E-state index contributed by atoms with van der Waals surface area (Å²) in [5.41, 5.74) is 18.5. The van der Waals surface area contributed by atoms with E-state index < -0.39 is 0 Å². The van der Waals surface area contributed by atoms with Crippen molar-refractivity contribution in [3.8, 4) is 44.5 Å². The Morgan fingerprint density at radius 1 is 0.318 bits per heavy atom. The zero-order chi connectivity index (χ0) is 44.1. The van der Waals surface area contributed by atoms with E-state index >= 15 is 0 Å². The van der Waals surface area contributed by atoms with Crippen molar-refractivity contribution >= 4 is 33.2 Å². The van der Waals surface area contributed by atoms with E-state index in [1.807, 2.05) is 0 Å². The normalized spacial score (nSPS) is 11.2. The zero-order valence-electron chi connectivity index (χ0n) is 36.8. The Morgan fingerprint density at radius 2 is 0.727 bits per heavy atom. The molecule has 0 heterocycles. The standard InChI is InChI=1S/C66H48/c1-6-20-49(21-7-1)57-30-16-17-31-58(57)56-42-43-61-64(46-56)66(55-40-36-48(37-41-55)45-63(52-26-12-4-13-27-52)53-28-14-5-15-29-53)60-33-19-18-32-59(60)65(61)54-38-34-47(35-39-54)44-62(50-22-8-2-9-23-50)51-24-10-3-11-25-51/h1-44,46,63H,45H2. The molecule has 11 rings (SSSR count). The van der Waals surface area contributed by atoms with Gasteiger partial charge in [-0.3, -0.25) is 0 Å². The summed E-state index contributed by atoms with van der Waals surface area (Å²) in [6, 6.07) is 97.5. The zero-order valence-corrected chi connectivity index (χ0v) is 36.8. The highest BCUT2D eigenvalue weighted by molar-refractivity contribution is 6.22. The second-order valence-electron chi connectivity index (χ2n) is 17.2. The van der Waals surface area contributed by atoms with Crippen LogP contribution >= 0.6 is 0 Å².